The largest absolute Gasteiger partial charge is 0.481 e. The lowest BCUT2D eigenvalue weighted by Crippen LogP contribution is -2.21. The van der Waals surface area contributed by atoms with Crippen LogP contribution in [0.25, 0.3) is 0 Å². The van der Waals surface area contributed by atoms with Crippen molar-refractivity contribution < 1.29 is 19.4 Å². The van der Waals surface area contributed by atoms with Crippen molar-refractivity contribution in [3.05, 3.63) is 0 Å². The lowest BCUT2D eigenvalue weighted by molar-refractivity contribution is -0.145. The zero-order valence-corrected chi connectivity index (χ0v) is 6.66. The van der Waals surface area contributed by atoms with Gasteiger partial charge in [0.25, 0.3) is 0 Å². The van der Waals surface area contributed by atoms with Gasteiger partial charge in [0.2, 0.25) is 0 Å². The molecule has 0 aliphatic rings. The summed E-state index contributed by atoms with van der Waals surface area (Å²) >= 11 is 0. The molecule has 0 saturated carbocycles. The normalized spacial score (nSPS) is 12.5. The molecule has 0 amide bonds. The molecule has 64 valence electrons. The second-order valence-electron chi connectivity index (χ2n) is 2.40. The van der Waals surface area contributed by atoms with Crippen molar-refractivity contribution in [2.24, 2.45) is 5.92 Å². The predicted octanol–water partition coefficient (Wildman–Crippen LogP) is 0.313. The van der Waals surface area contributed by atoms with E-state index in [1.54, 1.807) is 0 Å². The molecular formula is C7H12O4. The van der Waals surface area contributed by atoms with Crippen molar-refractivity contribution in [1.29, 1.82) is 0 Å². The van der Waals surface area contributed by atoms with Gasteiger partial charge in [0.15, 0.2) is 0 Å². The monoisotopic (exact) mass is 160 g/mol. The number of carbonyl (C=O) groups excluding carboxylic acids is 1. The van der Waals surface area contributed by atoms with Crippen molar-refractivity contribution >= 4 is 11.8 Å². The van der Waals surface area contributed by atoms with Gasteiger partial charge >= 0.3 is 5.97 Å². The van der Waals surface area contributed by atoms with E-state index in [0.29, 0.717) is 0 Å². The minimum atomic E-state index is -0.984. The van der Waals surface area contributed by atoms with Crippen LogP contribution in [0.1, 0.15) is 13.3 Å². The topological polar surface area (TPSA) is 63.6 Å². The summed E-state index contributed by atoms with van der Waals surface area (Å²) in [5.74, 6) is -1.81. The lowest BCUT2D eigenvalue weighted by Gasteiger charge is -2.07. The molecule has 1 unspecified atom stereocenters. The van der Waals surface area contributed by atoms with Crippen molar-refractivity contribution in [3.8, 4) is 0 Å². The summed E-state index contributed by atoms with van der Waals surface area (Å²) in [7, 11) is 1.41. The summed E-state index contributed by atoms with van der Waals surface area (Å²) in [6.45, 7) is 1.46. The first-order valence-electron chi connectivity index (χ1n) is 3.29. The maximum absolute atomic E-state index is 10.5. The van der Waals surface area contributed by atoms with Crippen molar-refractivity contribution in [2.45, 2.75) is 13.3 Å². The van der Waals surface area contributed by atoms with Crippen molar-refractivity contribution in [3.63, 3.8) is 0 Å². The van der Waals surface area contributed by atoms with Crippen LogP contribution in [-0.4, -0.2) is 30.6 Å². The number of hydrogen-bond donors (Lipinski definition) is 1. The average molecular weight is 160 g/mol. The molecule has 4 nitrogen and oxygen atoms in total. The molecule has 0 fully saturated rings. The van der Waals surface area contributed by atoms with Crippen LogP contribution < -0.4 is 0 Å². The molecule has 0 aliphatic heterocycles. The van der Waals surface area contributed by atoms with Crippen LogP contribution in [0.15, 0.2) is 0 Å². The van der Waals surface area contributed by atoms with Gasteiger partial charge in [-0.15, -0.1) is 0 Å². The molecule has 0 aromatic heterocycles. The number of carboxylic acids is 1. The molecule has 1 atom stereocenters. The summed E-state index contributed by atoms with van der Waals surface area (Å²) < 4.78 is 4.63. The van der Waals surface area contributed by atoms with E-state index in [2.05, 4.69) is 4.74 Å². The standard InChI is InChI=1S/C7H12O4/c1-5(8)3-6(4-11-2)7(9)10/h6H,3-4H2,1-2H3,(H,9,10). The Morgan fingerprint density at radius 1 is 1.55 bits per heavy atom. The zero-order chi connectivity index (χ0) is 8.85. The van der Waals surface area contributed by atoms with E-state index in [4.69, 9.17) is 5.11 Å². The fourth-order valence-electron chi connectivity index (χ4n) is 0.766. The van der Waals surface area contributed by atoms with Crippen LogP contribution in [0.3, 0.4) is 0 Å². The second kappa shape index (κ2) is 4.85. The molecule has 11 heavy (non-hydrogen) atoms. The minimum Gasteiger partial charge on any atom is -0.481 e. The van der Waals surface area contributed by atoms with E-state index in [-0.39, 0.29) is 18.8 Å². The number of rotatable bonds is 5. The first kappa shape index (κ1) is 10.1. The Hall–Kier alpha value is -0.900. The summed E-state index contributed by atoms with van der Waals surface area (Å²) in [4.78, 5) is 20.9. The van der Waals surface area contributed by atoms with E-state index < -0.39 is 11.9 Å². The van der Waals surface area contributed by atoms with E-state index in [0.717, 1.165) is 0 Å². The van der Waals surface area contributed by atoms with E-state index in [1.165, 1.54) is 14.0 Å². The Kier molecular flexibility index (Phi) is 4.45. The molecule has 0 radical (unpaired) electrons. The van der Waals surface area contributed by atoms with Gasteiger partial charge in [-0.2, -0.15) is 0 Å². The van der Waals surface area contributed by atoms with Gasteiger partial charge in [-0.05, 0) is 6.92 Å². The van der Waals surface area contributed by atoms with Gasteiger partial charge in [0.1, 0.15) is 5.78 Å². The fourth-order valence-corrected chi connectivity index (χ4v) is 0.766. The predicted molar refractivity (Wildman–Crippen MR) is 38.3 cm³/mol. The number of ketones is 1. The van der Waals surface area contributed by atoms with Crippen LogP contribution in [-0.2, 0) is 14.3 Å². The lowest BCUT2D eigenvalue weighted by atomic mass is 10.1. The third kappa shape index (κ3) is 4.50. The third-order valence-corrected chi connectivity index (χ3v) is 1.25. The number of carboxylic acid groups (broad SMARTS) is 1. The maximum atomic E-state index is 10.5. The molecule has 4 heteroatoms. The number of ether oxygens (including phenoxy) is 1. The van der Waals surface area contributed by atoms with Gasteiger partial charge < -0.3 is 14.6 Å². The highest BCUT2D eigenvalue weighted by Crippen LogP contribution is 2.03. The van der Waals surface area contributed by atoms with Gasteiger partial charge in [0.05, 0.1) is 12.5 Å². The zero-order valence-electron chi connectivity index (χ0n) is 6.66. The molecule has 0 aliphatic carbocycles. The number of carbonyl (C=O) groups is 2. The summed E-state index contributed by atoms with van der Waals surface area (Å²) in [6, 6.07) is 0. The number of Topliss-reactive ketones (excluding diaryl/α,β-unsaturated/α-hetero) is 1. The fraction of sp³-hybridized carbons (Fsp3) is 0.714. The minimum absolute atomic E-state index is 0.0448. The number of hydrogen-bond acceptors (Lipinski definition) is 3. The van der Waals surface area contributed by atoms with Crippen LogP contribution >= 0.6 is 0 Å². The summed E-state index contributed by atoms with van der Waals surface area (Å²) in [5, 5.41) is 8.52. The van der Waals surface area contributed by atoms with Gasteiger partial charge in [-0.1, -0.05) is 0 Å². The number of methoxy groups -OCH3 is 1. The molecule has 0 saturated heterocycles. The SMILES string of the molecule is COCC(CC(C)=O)C(=O)O. The van der Waals surface area contributed by atoms with Gasteiger partial charge in [-0.3, -0.25) is 4.79 Å². The maximum Gasteiger partial charge on any atom is 0.309 e. The van der Waals surface area contributed by atoms with Crippen LogP contribution in [0.5, 0.6) is 0 Å². The first-order chi connectivity index (χ1) is 5.07. The highest BCUT2D eigenvalue weighted by atomic mass is 16.5. The Bertz CT molecular complexity index is 153. The second-order valence-corrected chi connectivity index (χ2v) is 2.40. The summed E-state index contributed by atoms with van der Waals surface area (Å²) in [6.07, 6.45) is 0.0448. The van der Waals surface area contributed by atoms with E-state index in [9.17, 15) is 9.59 Å². The molecule has 0 aromatic rings. The summed E-state index contributed by atoms with van der Waals surface area (Å²) in [5.41, 5.74) is 0. The molecule has 0 rings (SSSR count). The third-order valence-electron chi connectivity index (χ3n) is 1.25. The van der Waals surface area contributed by atoms with Crippen LogP contribution in [0, 0.1) is 5.92 Å². The Morgan fingerprint density at radius 3 is 2.36 bits per heavy atom. The van der Waals surface area contributed by atoms with Crippen LogP contribution in [0.4, 0.5) is 0 Å². The van der Waals surface area contributed by atoms with Crippen LogP contribution in [0.2, 0.25) is 0 Å². The van der Waals surface area contributed by atoms with Crippen molar-refractivity contribution in [1.82, 2.24) is 0 Å². The van der Waals surface area contributed by atoms with Gasteiger partial charge in [0, 0.05) is 13.5 Å². The molecule has 1 N–H and O–H groups in total. The van der Waals surface area contributed by atoms with Crippen molar-refractivity contribution in [2.75, 3.05) is 13.7 Å². The molecular weight excluding hydrogens is 148 g/mol. The highest BCUT2D eigenvalue weighted by molar-refractivity contribution is 5.82. The average Bonchev–Trinajstić information content (AvgIpc) is 1.86. The number of aliphatic carboxylic acids is 1. The Labute approximate surface area is 65.2 Å². The smallest absolute Gasteiger partial charge is 0.309 e. The molecule has 0 spiro atoms. The quantitative estimate of drug-likeness (QED) is 0.628. The molecule has 0 aromatic carbocycles. The molecule has 0 bridgehead atoms. The Balaban J connectivity index is 3.89. The van der Waals surface area contributed by atoms with Gasteiger partial charge in [-0.25, -0.2) is 0 Å². The van der Waals surface area contributed by atoms with E-state index in [1.807, 2.05) is 0 Å². The molecule has 0 heterocycles. The van der Waals surface area contributed by atoms with E-state index >= 15 is 0 Å². The highest BCUT2D eigenvalue weighted by Gasteiger charge is 2.18. The first-order valence-corrected chi connectivity index (χ1v) is 3.29. The Morgan fingerprint density at radius 2 is 2.09 bits per heavy atom.